The van der Waals surface area contributed by atoms with Crippen LogP contribution in [0.4, 0.5) is 16.2 Å². The number of phenols is 1. The molecule has 0 aliphatic heterocycles. The van der Waals surface area contributed by atoms with Crippen LogP contribution in [0.3, 0.4) is 0 Å². The first-order valence-corrected chi connectivity index (χ1v) is 5.64. The van der Waals surface area contributed by atoms with Crippen LogP contribution < -0.4 is 10.6 Å². The molecule has 2 aromatic carbocycles. The number of hydrogen-bond donors (Lipinski definition) is 3. The van der Waals surface area contributed by atoms with Crippen LogP contribution in [0.1, 0.15) is 0 Å². The molecule has 0 saturated carbocycles. The number of amides is 2. The number of anilines is 2. The summed E-state index contributed by atoms with van der Waals surface area (Å²) < 4.78 is 0. The van der Waals surface area contributed by atoms with Gasteiger partial charge in [0.2, 0.25) is 0 Å². The molecule has 18 heavy (non-hydrogen) atoms. The molecule has 3 N–H and O–H groups in total. The summed E-state index contributed by atoms with van der Waals surface area (Å²) >= 11 is 5.74. The van der Waals surface area contributed by atoms with Crippen molar-refractivity contribution < 1.29 is 9.90 Å². The van der Waals surface area contributed by atoms with Gasteiger partial charge in [-0.05, 0) is 36.4 Å². The minimum absolute atomic E-state index is 0.0174. The van der Waals surface area contributed by atoms with Gasteiger partial charge in [-0.25, -0.2) is 4.79 Å². The van der Waals surface area contributed by atoms with E-state index in [2.05, 4.69) is 10.6 Å². The number of benzene rings is 2. The van der Waals surface area contributed by atoms with E-state index in [1.165, 1.54) is 6.07 Å². The van der Waals surface area contributed by atoms with E-state index in [0.29, 0.717) is 16.4 Å². The lowest BCUT2D eigenvalue weighted by atomic mass is 10.3. The van der Waals surface area contributed by atoms with Crippen molar-refractivity contribution >= 4 is 29.0 Å². The Morgan fingerprint density at radius 1 is 1.00 bits per heavy atom. The van der Waals surface area contributed by atoms with Gasteiger partial charge in [0, 0.05) is 10.7 Å². The first kappa shape index (κ1) is 12.3. The Morgan fingerprint density at radius 3 is 2.33 bits per heavy atom. The summed E-state index contributed by atoms with van der Waals surface area (Å²) in [5, 5.41) is 15.3. The summed E-state index contributed by atoms with van der Waals surface area (Å²) in [5.41, 5.74) is 0.969. The molecule has 2 amide bonds. The maximum Gasteiger partial charge on any atom is 0.323 e. The van der Waals surface area contributed by atoms with Gasteiger partial charge in [-0.1, -0.05) is 23.7 Å². The van der Waals surface area contributed by atoms with Crippen LogP contribution in [0, 0.1) is 0 Å². The number of hydrogen-bond acceptors (Lipinski definition) is 2. The van der Waals surface area contributed by atoms with Gasteiger partial charge < -0.3 is 15.7 Å². The van der Waals surface area contributed by atoms with Crippen molar-refractivity contribution in [3.05, 3.63) is 53.6 Å². The summed E-state index contributed by atoms with van der Waals surface area (Å²) in [7, 11) is 0. The summed E-state index contributed by atoms with van der Waals surface area (Å²) in [6.45, 7) is 0. The highest BCUT2D eigenvalue weighted by atomic mass is 35.5. The highest BCUT2D eigenvalue weighted by Gasteiger charge is 2.05. The van der Waals surface area contributed by atoms with Crippen LogP contribution in [0.5, 0.6) is 5.75 Å². The Bertz CT molecular complexity index is 555. The van der Waals surface area contributed by atoms with Gasteiger partial charge in [0.1, 0.15) is 5.75 Å². The minimum Gasteiger partial charge on any atom is -0.506 e. The first-order valence-electron chi connectivity index (χ1n) is 5.27. The second-order valence-corrected chi connectivity index (χ2v) is 4.04. The topological polar surface area (TPSA) is 61.4 Å². The van der Waals surface area contributed by atoms with Crippen LogP contribution in [0.25, 0.3) is 0 Å². The fourth-order valence-corrected chi connectivity index (χ4v) is 1.52. The molecule has 0 unspecified atom stereocenters. The third-order valence-electron chi connectivity index (χ3n) is 2.25. The van der Waals surface area contributed by atoms with Crippen LogP contribution in [0.2, 0.25) is 5.02 Å². The largest absolute Gasteiger partial charge is 0.506 e. The minimum atomic E-state index is -0.432. The number of halogens is 1. The average molecular weight is 263 g/mol. The van der Waals surface area contributed by atoms with Gasteiger partial charge in [0.25, 0.3) is 0 Å². The average Bonchev–Trinajstić information content (AvgIpc) is 2.35. The molecule has 92 valence electrons. The zero-order valence-electron chi connectivity index (χ0n) is 9.35. The molecule has 5 heteroatoms. The Morgan fingerprint density at radius 2 is 1.67 bits per heavy atom. The van der Waals surface area contributed by atoms with E-state index in [-0.39, 0.29) is 5.75 Å². The van der Waals surface area contributed by atoms with Crippen LogP contribution in [0.15, 0.2) is 48.5 Å². The molecular formula is C13H11ClN2O2. The molecule has 0 radical (unpaired) electrons. The number of phenolic OH excluding ortho intramolecular Hbond substituents is 1. The predicted molar refractivity (Wildman–Crippen MR) is 72.2 cm³/mol. The van der Waals surface area contributed by atoms with Crippen molar-refractivity contribution in [2.75, 3.05) is 10.6 Å². The molecule has 0 aromatic heterocycles. The summed E-state index contributed by atoms with van der Waals surface area (Å²) in [4.78, 5) is 11.7. The van der Waals surface area contributed by atoms with Crippen molar-refractivity contribution in [1.82, 2.24) is 0 Å². The molecule has 2 rings (SSSR count). The first-order chi connectivity index (χ1) is 8.65. The Balaban J connectivity index is 2.01. The van der Waals surface area contributed by atoms with Crippen molar-refractivity contribution in [3.8, 4) is 5.75 Å². The van der Waals surface area contributed by atoms with Crippen LogP contribution in [-0.2, 0) is 0 Å². The van der Waals surface area contributed by atoms with Crippen LogP contribution in [-0.4, -0.2) is 11.1 Å². The number of nitrogens with one attached hydrogen (secondary N) is 2. The normalized spacial score (nSPS) is 9.83. The van der Waals surface area contributed by atoms with E-state index < -0.39 is 6.03 Å². The predicted octanol–water partition coefficient (Wildman–Crippen LogP) is 3.69. The lowest BCUT2D eigenvalue weighted by molar-refractivity contribution is 0.262. The highest BCUT2D eigenvalue weighted by molar-refractivity contribution is 6.30. The Hall–Kier alpha value is -2.20. The van der Waals surface area contributed by atoms with E-state index in [1.807, 2.05) is 0 Å². The van der Waals surface area contributed by atoms with Gasteiger partial charge >= 0.3 is 6.03 Å². The number of carbonyl (C=O) groups is 1. The van der Waals surface area contributed by atoms with E-state index in [4.69, 9.17) is 11.6 Å². The zero-order valence-corrected chi connectivity index (χ0v) is 10.1. The number of rotatable bonds is 2. The van der Waals surface area contributed by atoms with Gasteiger partial charge in [0.05, 0.1) is 5.69 Å². The van der Waals surface area contributed by atoms with Crippen LogP contribution >= 0.6 is 11.6 Å². The SMILES string of the molecule is O=C(Nc1ccc(Cl)cc1)Nc1ccccc1O. The lowest BCUT2D eigenvalue weighted by Gasteiger charge is -2.08. The summed E-state index contributed by atoms with van der Waals surface area (Å²) in [6, 6.07) is 12.8. The standard InChI is InChI=1S/C13H11ClN2O2/c14-9-5-7-10(8-6-9)15-13(18)16-11-3-1-2-4-12(11)17/h1-8,17H,(H2,15,16,18). The van der Waals surface area contributed by atoms with Crippen molar-refractivity contribution in [2.24, 2.45) is 0 Å². The summed E-state index contributed by atoms with van der Waals surface area (Å²) in [6.07, 6.45) is 0. The van der Waals surface area contributed by atoms with Crippen molar-refractivity contribution in [2.45, 2.75) is 0 Å². The maximum atomic E-state index is 11.7. The lowest BCUT2D eigenvalue weighted by Crippen LogP contribution is -2.19. The maximum absolute atomic E-state index is 11.7. The Labute approximate surface area is 109 Å². The molecule has 0 bridgehead atoms. The van der Waals surface area contributed by atoms with E-state index in [9.17, 15) is 9.90 Å². The van der Waals surface area contributed by atoms with E-state index in [1.54, 1.807) is 42.5 Å². The monoisotopic (exact) mass is 262 g/mol. The number of urea groups is 1. The van der Waals surface area contributed by atoms with Crippen molar-refractivity contribution in [3.63, 3.8) is 0 Å². The molecule has 0 fully saturated rings. The molecule has 4 nitrogen and oxygen atoms in total. The van der Waals surface area contributed by atoms with E-state index >= 15 is 0 Å². The second kappa shape index (κ2) is 5.42. The molecule has 0 spiro atoms. The molecule has 0 heterocycles. The quantitative estimate of drug-likeness (QED) is 0.723. The molecule has 0 aliphatic carbocycles. The zero-order chi connectivity index (χ0) is 13.0. The Kier molecular flexibility index (Phi) is 3.69. The smallest absolute Gasteiger partial charge is 0.323 e. The number of carbonyl (C=O) groups excluding carboxylic acids is 1. The molecular weight excluding hydrogens is 252 g/mol. The van der Waals surface area contributed by atoms with Crippen molar-refractivity contribution in [1.29, 1.82) is 0 Å². The molecule has 0 atom stereocenters. The molecule has 0 aliphatic rings. The number of aromatic hydroxyl groups is 1. The number of para-hydroxylation sites is 2. The molecule has 2 aromatic rings. The van der Waals surface area contributed by atoms with Gasteiger partial charge in [0.15, 0.2) is 0 Å². The fraction of sp³-hybridized carbons (Fsp3) is 0. The van der Waals surface area contributed by atoms with Gasteiger partial charge in [-0.3, -0.25) is 0 Å². The highest BCUT2D eigenvalue weighted by Crippen LogP contribution is 2.21. The fourth-order valence-electron chi connectivity index (χ4n) is 1.40. The van der Waals surface area contributed by atoms with Gasteiger partial charge in [-0.15, -0.1) is 0 Å². The van der Waals surface area contributed by atoms with Gasteiger partial charge in [-0.2, -0.15) is 0 Å². The second-order valence-electron chi connectivity index (χ2n) is 3.60. The third kappa shape index (κ3) is 3.15. The third-order valence-corrected chi connectivity index (χ3v) is 2.51. The van der Waals surface area contributed by atoms with E-state index in [0.717, 1.165) is 0 Å². The summed E-state index contributed by atoms with van der Waals surface area (Å²) in [5.74, 6) is 0.0174. The molecule has 0 saturated heterocycles.